The van der Waals surface area contributed by atoms with Crippen molar-refractivity contribution in [2.45, 2.75) is 85.8 Å². The smallest absolute Gasteiger partial charge is 0.333 e. The summed E-state index contributed by atoms with van der Waals surface area (Å²) < 4.78 is 56.7. The molecule has 2 saturated heterocycles. The number of hydrogen-bond donors (Lipinski definition) is 2. The lowest BCUT2D eigenvalue weighted by atomic mass is 10.1. The van der Waals surface area contributed by atoms with Crippen LogP contribution in [0.4, 0.5) is 23.2 Å². The molecule has 11 heteroatoms. The molecule has 1 aromatic carbocycles. The Morgan fingerprint density at radius 3 is 2.33 bits per heavy atom. The zero-order chi connectivity index (χ0) is 27.4. The van der Waals surface area contributed by atoms with Crippen LogP contribution in [0.1, 0.15) is 65.3 Å². The minimum Gasteiger partial charge on any atom is -0.390 e. The Morgan fingerprint density at radius 2 is 1.83 bits per heavy atom. The number of β-amino-alcohol motifs (C(OH)–C–C–N with tert-alkyl or cyclic N) is 1. The van der Waals surface area contributed by atoms with Crippen molar-refractivity contribution >= 4 is 11.6 Å². The van der Waals surface area contributed by atoms with Gasteiger partial charge in [-0.25, -0.2) is 13.5 Å². The number of anilines is 1. The number of likely N-dealkylation sites (tertiary alicyclic amines) is 1. The van der Waals surface area contributed by atoms with Gasteiger partial charge in [-0.2, -0.15) is 13.9 Å². The molecular weight excluding hydrogens is 480 g/mol. The molecule has 2 aromatic rings. The van der Waals surface area contributed by atoms with Crippen LogP contribution in [0.25, 0.3) is 0 Å². The molecule has 0 spiro atoms. The van der Waals surface area contributed by atoms with Gasteiger partial charge in [0.15, 0.2) is 11.6 Å². The monoisotopic (exact) mass is 518 g/mol. The predicted octanol–water partition coefficient (Wildman–Crippen LogP) is 5.29. The van der Waals surface area contributed by atoms with Crippen LogP contribution in [0.2, 0.25) is 0 Å². The fraction of sp³-hybridized carbons (Fsp3) is 0.600. The number of benzene rings is 1. The van der Waals surface area contributed by atoms with E-state index in [2.05, 4.69) is 10.4 Å². The van der Waals surface area contributed by atoms with Crippen LogP contribution in [0.3, 0.4) is 0 Å². The zero-order valence-corrected chi connectivity index (χ0v) is 21.8. The number of aryl methyl sites for hydroxylation is 1. The van der Waals surface area contributed by atoms with E-state index in [0.29, 0.717) is 47.7 Å². The average Bonchev–Trinajstić information content (AvgIpc) is 3.44. The van der Waals surface area contributed by atoms with Crippen molar-refractivity contribution in [2.24, 2.45) is 0 Å². The number of carbonyl (C=O) groups excluding carboxylic acids is 1. The molecule has 4 rings (SSSR count). The van der Waals surface area contributed by atoms with E-state index in [4.69, 9.17) is 9.84 Å². The van der Waals surface area contributed by atoms with Crippen LogP contribution in [0.15, 0.2) is 24.4 Å². The number of nitrogens with zero attached hydrogens (tertiary/aromatic N) is 3. The van der Waals surface area contributed by atoms with Gasteiger partial charge in [0.1, 0.15) is 6.10 Å². The number of aliphatic hydroxyl groups is 1. The second-order valence-electron chi connectivity index (χ2n) is 7.95. The van der Waals surface area contributed by atoms with Gasteiger partial charge >= 0.3 is 6.55 Å². The fourth-order valence-corrected chi connectivity index (χ4v) is 3.50. The minimum atomic E-state index is -2.71. The lowest BCUT2D eigenvalue weighted by molar-refractivity contribution is -0.126. The van der Waals surface area contributed by atoms with Crippen molar-refractivity contribution in [3.05, 3.63) is 47.3 Å². The Kier molecular flexibility index (Phi) is 13.6. The summed E-state index contributed by atoms with van der Waals surface area (Å²) in [5.74, 6) is -1.91. The van der Waals surface area contributed by atoms with E-state index in [1.165, 1.54) is 6.07 Å². The summed E-state index contributed by atoms with van der Waals surface area (Å²) in [6.07, 6.45) is 1.84. The summed E-state index contributed by atoms with van der Waals surface area (Å²) in [5, 5.41) is 15.2. The number of carbonyl (C=O) groups is 1. The molecule has 2 unspecified atom stereocenters. The lowest BCUT2D eigenvalue weighted by Crippen LogP contribution is -2.49. The van der Waals surface area contributed by atoms with Crippen molar-refractivity contribution < 1.29 is 32.2 Å². The van der Waals surface area contributed by atoms with Crippen molar-refractivity contribution in [1.29, 1.82) is 0 Å². The van der Waals surface area contributed by atoms with E-state index in [1.807, 2.05) is 39.5 Å². The van der Waals surface area contributed by atoms with Crippen molar-refractivity contribution in [3.8, 4) is 0 Å². The number of hydrogen-bond acceptors (Lipinski definition) is 5. The fourth-order valence-electron chi connectivity index (χ4n) is 3.50. The molecule has 1 aromatic heterocycles. The molecule has 204 valence electrons. The zero-order valence-electron chi connectivity index (χ0n) is 21.8. The van der Waals surface area contributed by atoms with Gasteiger partial charge in [0, 0.05) is 25.2 Å². The van der Waals surface area contributed by atoms with Gasteiger partial charge in [-0.15, -0.1) is 0 Å². The lowest BCUT2D eigenvalue weighted by Gasteiger charge is -2.35. The Morgan fingerprint density at radius 1 is 1.19 bits per heavy atom. The molecule has 2 N–H and O–H groups in total. The molecule has 1 amide bonds. The summed E-state index contributed by atoms with van der Waals surface area (Å²) in [5.41, 5.74) is 0.995. The third kappa shape index (κ3) is 9.18. The first-order valence-electron chi connectivity index (χ1n) is 12.3. The van der Waals surface area contributed by atoms with E-state index >= 15 is 0 Å². The molecular formula is C25H38F4N4O3. The van der Waals surface area contributed by atoms with E-state index in [0.717, 1.165) is 18.7 Å². The Balaban J connectivity index is 0.000000323. The highest BCUT2D eigenvalue weighted by Gasteiger charge is 2.29. The number of amides is 1. The molecule has 0 saturated carbocycles. The predicted molar refractivity (Wildman–Crippen MR) is 131 cm³/mol. The highest BCUT2D eigenvalue weighted by Crippen LogP contribution is 2.22. The average molecular weight is 519 g/mol. The van der Waals surface area contributed by atoms with Gasteiger partial charge in [0.05, 0.1) is 29.8 Å². The maximum Gasteiger partial charge on any atom is 0.333 e. The molecule has 2 atom stereocenters. The molecule has 2 aliphatic rings. The number of halogens is 4. The Bertz CT molecular complexity index is 936. The summed E-state index contributed by atoms with van der Waals surface area (Å²) in [6, 6.07) is 4.15. The molecule has 36 heavy (non-hydrogen) atoms. The summed E-state index contributed by atoms with van der Waals surface area (Å²) in [4.78, 5) is 13.7. The van der Waals surface area contributed by atoms with Gasteiger partial charge in [-0.3, -0.25) is 9.69 Å². The van der Waals surface area contributed by atoms with Crippen LogP contribution in [-0.4, -0.2) is 57.1 Å². The third-order valence-corrected chi connectivity index (χ3v) is 5.26. The van der Waals surface area contributed by atoms with Crippen LogP contribution >= 0.6 is 0 Å². The van der Waals surface area contributed by atoms with Crippen LogP contribution in [0, 0.1) is 18.6 Å². The van der Waals surface area contributed by atoms with E-state index < -0.39 is 24.3 Å². The molecule has 0 radical (unpaired) electrons. The number of ether oxygens (including phenoxy) is 1. The highest BCUT2D eigenvalue weighted by atomic mass is 19.3. The van der Waals surface area contributed by atoms with Crippen molar-refractivity contribution in [3.63, 3.8) is 0 Å². The third-order valence-electron chi connectivity index (χ3n) is 5.26. The molecule has 2 fully saturated rings. The van der Waals surface area contributed by atoms with Crippen molar-refractivity contribution in [1.82, 2.24) is 14.7 Å². The maximum absolute atomic E-state index is 13.2. The standard InChI is InChI=1S/C11H15F2N3O2.C10H11F2NO.2C2H6/c1-6-3-4-9(18-6)10(17)14-8-5-16(11(12)13)15-7(8)2;11-9-3-1-2-7(10(9)12)4-13-5-8(14)6-13;2*1-2/h5-6,9,11H,3-4H2,1-2H3,(H,14,17);1-3,8,14H,4-6H2;2*1-2H3. The van der Waals surface area contributed by atoms with Crippen LogP contribution in [0.5, 0.6) is 0 Å². The van der Waals surface area contributed by atoms with Gasteiger partial charge < -0.3 is 15.2 Å². The largest absolute Gasteiger partial charge is 0.390 e. The second kappa shape index (κ2) is 15.6. The van der Waals surface area contributed by atoms with Gasteiger partial charge in [0.2, 0.25) is 0 Å². The Hall–Kier alpha value is -2.50. The first-order valence-corrected chi connectivity index (χ1v) is 12.3. The molecule has 0 aliphatic carbocycles. The topological polar surface area (TPSA) is 79.6 Å². The van der Waals surface area contributed by atoms with E-state index in [9.17, 15) is 22.4 Å². The second-order valence-corrected chi connectivity index (χ2v) is 7.95. The Labute approximate surface area is 210 Å². The first kappa shape index (κ1) is 31.5. The van der Waals surface area contributed by atoms with Gasteiger partial charge in [0.25, 0.3) is 5.91 Å². The number of rotatable bonds is 5. The number of alkyl halides is 2. The van der Waals surface area contributed by atoms with E-state index in [-0.39, 0.29) is 18.1 Å². The van der Waals surface area contributed by atoms with Crippen LogP contribution < -0.4 is 5.32 Å². The van der Waals surface area contributed by atoms with Crippen LogP contribution in [-0.2, 0) is 16.1 Å². The summed E-state index contributed by atoms with van der Waals surface area (Å²) in [7, 11) is 0. The minimum absolute atomic E-state index is 0.0608. The number of nitrogens with one attached hydrogen (secondary N) is 1. The summed E-state index contributed by atoms with van der Waals surface area (Å²) >= 11 is 0. The number of aromatic nitrogens is 2. The SMILES string of the molecule is CC.CC.Cc1nn(C(F)F)cc1NC(=O)C1CCC(C)O1.OC1CN(Cc2cccc(F)c2F)C1. The maximum atomic E-state index is 13.2. The summed E-state index contributed by atoms with van der Waals surface area (Å²) in [6.45, 7) is 10.2. The molecule has 0 bridgehead atoms. The number of aliphatic hydroxyl groups excluding tert-OH is 1. The van der Waals surface area contributed by atoms with E-state index in [1.54, 1.807) is 13.0 Å². The first-order chi connectivity index (χ1) is 17.1. The normalized spacial score (nSPS) is 19.2. The van der Waals surface area contributed by atoms with Gasteiger partial charge in [-0.05, 0) is 32.8 Å². The molecule has 2 aliphatic heterocycles. The molecule has 3 heterocycles. The van der Waals surface area contributed by atoms with Crippen molar-refractivity contribution in [2.75, 3.05) is 18.4 Å². The van der Waals surface area contributed by atoms with Gasteiger partial charge in [-0.1, -0.05) is 39.8 Å². The highest BCUT2D eigenvalue weighted by molar-refractivity contribution is 5.94. The molecule has 7 nitrogen and oxygen atoms in total. The quantitative estimate of drug-likeness (QED) is 0.526.